The van der Waals surface area contributed by atoms with Crippen molar-refractivity contribution in [3.8, 4) is 0 Å². The highest BCUT2D eigenvalue weighted by Crippen LogP contribution is 2.24. The Labute approximate surface area is 132 Å². The summed E-state index contributed by atoms with van der Waals surface area (Å²) in [4.78, 5) is 28.5. The maximum Gasteiger partial charge on any atom is 0.315 e. The van der Waals surface area contributed by atoms with E-state index in [-0.39, 0.29) is 11.9 Å². The van der Waals surface area contributed by atoms with E-state index in [2.05, 4.69) is 22.5 Å². The second-order valence-corrected chi connectivity index (χ2v) is 6.73. The van der Waals surface area contributed by atoms with Crippen LogP contribution in [0.1, 0.15) is 20.8 Å². The maximum absolute atomic E-state index is 12.7. The van der Waals surface area contributed by atoms with Crippen LogP contribution in [-0.4, -0.2) is 79.8 Å². The molecule has 2 N–H and O–H groups in total. The van der Waals surface area contributed by atoms with E-state index in [1.807, 2.05) is 4.90 Å². The van der Waals surface area contributed by atoms with Gasteiger partial charge in [-0.25, -0.2) is 4.79 Å². The van der Waals surface area contributed by atoms with E-state index in [0.29, 0.717) is 12.0 Å². The van der Waals surface area contributed by atoms with Crippen molar-refractivity contribution in [3.63, 3.8) is 0 Å². The number of hydrogen-bond acceptors (Lipinski definition) is 4. The van der Waals surface area contributed by atoms with Gasteiger partial charge in [0.25, 0.3) is 0 Å². The first kappa shape index (κ1) is 17.0. The fourth-order valence-electron chi connectivity index (χ4n) is 3.29. The van der Waals surface area contributed by atoms with Gasteiger partial charge in [0.1, 0.15) is 5.54 Å². The third kappa shape index (κ3) is 3.70. The van der Waals surface area contributed by atoms with E-state index in [9.17, 15) is 9.59 Å². The maximum atomic E-state index is 12.7. The van der Waals surface area contributed by atoms with Crippen molar-refractivity contribution in [1.29, 1.82) is 0 Å². The molecule has 2 fully saturated rings. The van der Waals surface area contributed by atoms with Crippen molar-refractivity contribution in [2.24, 2.45) is 5.92 Å². The lowest BCUT2D eigenvalue weighted by Gasteiger charge is -2.34. The predicted octanol–water partition coefficient (Wildman–Crippen LogP) is -0.127. The minimum Gasteiger partial charge on any atom is -0.379 e. The van der Waals surface area contributed by atoms with Crippen LogP contribution in [-0.2, 0) is 9.53 Å². The van der Waals surface area contributed by atoms with Crippen LogP contribution in [0.5, 0.6) is 0 Å². The van der Waals surface area contributed by atoms with Crippen LogP contribution >= 0.6 is 0 Å². The number of carbonyl (C=O) groups is 2. The van der Waals surface area contributed by atoms with Crippen LogP contribution in [0.3, 0.4) is 0 Å². The van der Waals surface area contributed by atoms with Crippen LogP contribution in [0.4, 0.5) is 4.79 Å². The Hall–Kier alpha value is -1.34. The highest BCUT2D eigenvalue weighted by Gasteiger charge is 2.41. The molecule has 2 rings (SSSR count). The fraction of sp³-hybridized carbons (Fsp3) is 0.867. The highest BCUT2D eigenvalue weighted by atomic mass is 16.5. The molecule has 126 valence electrons. The topological polar surface area (TPSA) is 73.9 Å². The molecule has 0 aromatic heterocycles. The molecule has 2 heterocycles. The molecule has 0 saturated carbocycles. The molecular weight excluding hydrogens is 284 g/mol. The molecule has 2 aliphatic heterocycles. The Morgan fingerprint density at radius 3 is 2.41 bits per heavy atom. The summed E-state index contributed by atoms with van der Waals surface area (Å²) in [6, 6.07) is 0.0407. The highest BCUT2D eigenvalue weighted by molar-refractivity contribution is 5.90. The number of carbonyl (C=O) groups excluding carboxylic acids is 2. The largest absolute Gasteiger partial charge is 0.379 e. The summed E-state index contributed by atoms with van der Waals surface area (Å²) in [5, 5.41) is 5.21. The van der Waals surface area contributed by atoms with E-state index >= 15 is 0 Å². The minimum absolute atomic E-state index is 0.0290. The van der Waals surface area contributed by atoms with Gasteiger partial charge in [-0.05, 0) is 19.8 Å². The molecule has 0 bridgehead atoms. The van der Waals surface area contributed by atoms with Gasteiger partial charge in [0.2, 0.25) is 5.91 Å². The molecule has 2 atom stereocenters. The Kier molecular flexibility index (Phi) is 5.28. The third-order valence-corrected chi connectivity index (χ3v) is 4.56. The molecule has 7 heteroatoms. The zero-order valence-electron chi connectivity index (χ0n) is 14.0. The number of rotatable bonds is 3. The fourth-order valence-corrected chi connectivity index (χ4v) is 3.29. The molecule has 22 heavy (non-hydrogen) atoms. The monoisotopic (exact) mass is 312 g/mol. The summed E-state index contributed by atoms with van der Waals surface area (Å²) < 4.78 is 5.40. The van der Waals surface area contributed by atoms with E-state index in [4.69, 9.17) is 4.74 Å². The second kappa shape index (κ2) is 6.83. The lowest BCUT2D eigenvalue weighted by molar-refractivity contribution is -0.136. The lowest BCUT2D eigenvalue weighted by atomic mass is 10.0. The standard InChI is InChI=1S/C15H28N4O3/c1-11-9-19(10-12(11)18-5-7-22-8-6-18)13(20)15(2,3)17-14(21)16-4/h11-12H,5-10H2,1-4H3,(H2,16,17,21)/t11-,12-/m0/s1. The number of likely N-dealkylation sites (tertiary alicyclic amines) is 1. The normalized spacial score (nSPS) is 26.8. The van der Waals surface area contributed by atoms with Crippen molar-refractivity contribution < 1.29 is 14.3 Å². The van der Waals surface area contributed by atoms with Gasteiger partial charge in [-0.1, -0.05) is 6.92 Å². The number of nitrogens with one attached hydrogen (secondary N) is 2. The van der Waals surface area contributed by atoms with Crippen molar-refractivity contribution in [3.05, 3.63) is 0 Å². The smallest absolute Gasteiger partial charge is 0.315 e. The molecule has 0 unspecified atom stereocenters. The summed E-state index contributed by atoms with van der Waals surface area (Å²) >= 11 is 0. The van der Waals surface area contributed by atoms with E-state index < -0.39 is 5.54 Å². The number of nitrogens with zero attached hydrogens (tertiary/aromatic N) is 2. The van der Waals surface area contributed by atoms with Gasteiger partial charge < -0.3 is 20.3 Å². The van der Waals surface area contributed by atoms with E-state index in [0.717, 1.165) is 39.4 Å². The zero-order chi connectivity index (χ0) is 16.3. The van der Waals surface area contributed by atoms with Gasteiger partial charge in [-0.2, -0.15) is 0 Å². The Morgan fingerprint density at radius 1 is 1.18 bits per heavy atom. The molecule has 0 radical (unpaired) electrons. The zero-order valence-corrected chi connectivity index (χ0v) is 14.0. The summed E-state index contributed by atoms with van der Waals surface area (Å²) in [5.41, 5.74) is -0.903. The van der Waals surface area contributed by atoms with Gasteiger partial charge in [0.15, 0.2) is 0 Å². The van der Waals surface area contributed by atoms with Gasteiger partial charge in [-0.15, -0.1) is 0 Å². The molecule has 0 aliphatic carbocycles. The average Bonchev–Trinajstić information content (AvgIpc) is 2.88. The number of amides is 3. The van der Waals surface area contributed by atoms with Gasteiger partial charge in [0.05, 0.1) is 13.2 Å². The van der Waals surface area contributed by atoms with Gasteiger partial charge in [0, 0.05) is 39.3 Å². The molecule has 0 aromatic rings. The van der Waals surface area contributed by atoms with Crippen molar-refractivity contribution in [1.82, 2.24) is 20.4 Å². The van der Waals surface area contributed by atoms with Crippen LogP contribution in [0.2, 0.25) is 0 Å². The minimum atomic E-state index is -0.903. The third-order valence-electron chi connectivity index (χ3n) is 4.56. The first-order valence-electron chi connectivity index (χ1n) is 7.96. The number of urea groups is 1. The Bertz CT molecular complexity index is 421. The number of hydrogen-bond donors (Lipinski definition) is 2. The first-order chi connectivity index (χ1) is 10.3. The molecule has 7 nitrogen and oxygen atoms in total. The van der Waals surface area contributed by atoms with Crippen LogP contribution in [0.15, 0.2) is 0 Å². The summed E-state index contributed by atoms with van der Waals surface area (Å²) in [7, 11) is 1.54. The van der Waals surface area contributed by atoms with Crippen molar-refractivity contribution in [2.45, 2.75) is 32.4 Å². The second-order valence-electron chi connectivity index (χ2n) is 6.73. The molecule has 3 amide bonds. The molecule has 2 aliphatic rings. The Balaban J connectivity index is 1.98. The molecular formula is C15H28N4O3. The average molecular weight is 312 g/mol. The van der Waals surface area contributed by atoms with Crippen LogP contribution in [0, 0.1) is 5.92 Å². The summed E-state index contributed by atoms with van der Waals surface area (Å²) in [6.07, 6.45) is 0. The Morgan fingerprint density at radius 2 is 1.82 bits per heavy atom. The van der Waals surface area contributed by atoms with Crippen LogP contribution < -0.4 is 10.6 Å². The quantitative estimate of drug-likeness (QED) is 0.761. The molecule has 2 saturated heterocycles. The SMILES string of the molecule is CNC(=O)NC(C)(C)C(=O)N1C[C@H](C)[C@@H](N2CCOCC2)C1. The summed E-state index contributed by atoms with van der Waals surface area (Å²) in [5.74, 6) is 0.400. The molecule has 0 spiro atoms. The lowest BCUT2D eigenvalue weighted by Crippen LogP contribution is -2.57. The first-order valence-corrected chi connectivity index (χ1v) is 7.96. The van der Waals surface area contributed by atoms with E-state index in [1.54, 1.807) is 20.9 Å². The van der Waals surface area contributed by atoms with Crippen molar-refractivity contribution >= 4 is 11.9 Å². The van der Waals surface area contributed by atoms with Crippen LogP contribution in [0.25, 0.3) is 0 Å². The van der Waals surface area contributed by atoms with Crippen molar-refractivity contribution in [2.75, 3.05) is 46.4 Å². The number of ether oxygens (including phenoxy) is 1. The predicted molar refractivity (Wildman–Crippen MR) is 83.6 cm³/mol. The molecule has 0 aromatic carbocycles. The van der Waals surface area contributed by atoms with Gasteiger partial charge >= 0.3 is 6.03 Å². The summed E-state index contributed by atoms with van der Waals surface area (Å²) in [6.45, 7) is 10.5. The van der Waals surface area contributed by atoms with E-state index in [1.165, 1.54) is 0 Å². The number of morpholine rings is 1. The van der Waals surface area contributed by atoms with Gasteiger partial charge in [-0.3, -0.25) is 9.69 Å².